The van der Waals surface area contributed by atoms with Gasteiger partial charge in [-0.2, -0.15) is 0 Å². The van der Waals surface area contributed by atoms with Crippen molar-refractivity contribution in [1.29, 1.82) is 0 Å². The number of methoxy groups -OCH3 is 1. The fraction of sp³-hybridized carbons (Fsp3) is 0.278. The monoisotopic (exact) mass is 314 g/mol. The third-order valence-corrected chi connectivity index (χ3v) is 4.35. The highest BCUT2D eigenvalue weighted by Gasteiger charge is 2.36. The van der Waals surface area contributed by atoms with Gasteiger partial charge in [-0.25, -0.2) is 0 Å². The molecule has 0 aliphatic carbocycles. The maximum Gasteiger partial charge on any atom is 0.134 e. The molecule has 0 fully saturated rings. The molecule has 0 aromatic heterocycles. The Morgan fingerprint density at radius 3 is 2.50 bits per heavy atom. The molecule has 3 rings (SSSR count). The van der Waals surface area contributed by atoms with E-state index in [1.54, 1.807) is 7.11 Å². The van der Waals surface area contributed by atoms with Crippen LogP contribution in [0, 0.1) is 0 Å². The van der Waals surface area contributed by atoms with Crippen molar-refractivity contribution in [3.63, 3.8) is 0 Å². The summed E-state index contributed by atoms with van der Waals surface area (Å²) in [7, 11) is 5.80. The predicted octanol–water partition coefficient (Wildman–Crippen LogP) is 4.21. The second-order valence-corrected chi connectivity index (χ2v) is 6.19. The average molecular weight is 315 g/mol. The molecule has 0 saturated heterocycles. The topological polar surface area (TPSA) is 24.8 Å². The van der Waals surface area contributed by atoms with Gasteiger partial charge in [0.1, 0.15) is 5.60 Å². The first-order chi connectivity index (χ1) is 10.5. The third-order valence-electron chi connectivity index (χ3n) is 4.11. The second-order valence-electron chi connectivity index (χ2n) is 5.75. The molecule has 0 spiro atoms. The van der Waals surface area contributed by atoms with Crippen molar-refractivity contribution in [3.8, 4) is 0 Å². The highest BCUT2D eigenvalue weighted by Crippen LogP contribution is 2.41. The zero-order valence-electron chi connectivity index (χ0n) is 13.0. The Morgan fingerprint density at radius 2 is 1.86 bits per heavy atom. The van der Waals surface area contributed by atoms with Crippen LogP contribution >= 0.6 is 11.6 Å². The summed E-state index contributed by atoms with van der Waals surface area (Å²) in [6.45, 7) is 0. The second kappa shape index (κ2) is 5.75. The average Bonchev–Trinajstić information content (AvgIpc) is 2.86. The summed E-state index contributed by atoms with van der Waals surface area (Å²) < 4.78 is 5.84. The van der Waals surface area contributed by atoms with Crippen LogP contribution in [0.3, 0.4) is 0 Å². The summed E-state index contributed by atoms with van der Waals surface area (Å²) in [5, 5.41) is 0.693. The van der Waals surface area contributed by atoms with E-state index >= 15 is 0 Å². The van der Waals surface area contributed by atoms with Gasteiger partial charge in [-0.15, -0.1) is 0 Å². The quantitative estimate of drug-likeness (QED) is 0.844. The minimum Gasteiger partial charge on any atom is -0.378 e. The number of anilines is 1. The molecule has 1 aliphatic heterocycles. The molecule has 114 valence electrons. The molecule has 0 amide bonds. The molecule has 22 heavy (non-hydrogen) atoms. The molecule has 0 radical (unpaired) electrons. The fourth-order valence-electron chi connectivity index (χ4n) is 2.80. The molecule has 0 bridgehead atoms. The lowest BCUT2D eigenvalue weighted by Gasteiger charge is -2.26. The van der Waals surface area contributed by atoms with Gasteiger partial charge < -0.3 is 9.64 Å². The maximum atomic E-state index is 6.05. The Balaban J connectivity index is 1.92. The van der Waals surface area contributed by atoms with Crippen molar-refractivity contribution in [2.45, 2.75) is 12.0 Å². The van der Waals surface area contributed by atoms with Crippen molar-refractivity contribution in [2.75, 3.05) is 26.1 Å². The highest BCUT2D eigenvalue weighted by atomic mass is 35.5. The van der Waals surface area contributed by atoms with E-state index in [1.807, 2.05) is 38.5 Å². The minimum atomic E-state index is -0.514. The summed E-state index contributed by atoms with van der Waals surface area (Å²) in [6, 6.07) is 14.3. The van der Waals surface area contributed by atoms with Gasteiger partial charge in [0, 0.05) is 50.1 Å². The van der Waals surface area contributed by atoms with E-state index < -0.39 is 5.60 Å². The molecule has 0 saturated carbocycles. The predicted molar refractivity (Wildman–Crippen MR) is 92.8 cm³/mol. The third kappa shape index (κ3) is 2.62. The standard InChI is InChI=1S/C18H19ClN2O/c1-21(2)15-7-4-13(5-8-15)11-18(22-3)12-20-17-10-14(19)6-9-16(17)18/h4-10,12H,11H2,1-3H3. The number of aliphatic imine (C=N–C) groups is 1. The molecular weight excluding hydrogens is 296 g/mol. The lowest BCUT2D eigenvalue weighted by Crippen LogP contribution is -2.30. The molecule has 2 aromatic rings. The summed E-state index contributed by atoms with van der Waals surface area (Å²) >= 11 is 6.05. The zero-order valence-corrected chi connectivity index (χ0v) is 13.8. The van der Waals surface area contributed by atoms with Gasteiger partial charge in [-0.05, 0) is 29.8 Å². The van der Waals surface area contributed by atoms with Crippen LogP contribution in [0.4, 0.5) is 11.4 Å². The van der Waals surface area contributed by atoms with Crippen LogP contribution < -0.4 is 4.90 Å². The Hall–Kier alpha value is -1.84. The Bertz CT molecular complexity index is 710. The number of fused-ring (bicyclic) bond motifs is 1. The Labute approximate surface area is 136 Å². The lowest BCUT2D eigenvalue weighted by atomic mass is 9.88. The van der Waals surface area contributed by atoms with E-state index in [-0.39, 0.29) is 0 Å². The molecule has 3 nitrogen and oxygen atoms in total. The van der Waals surface area contributed by atoms with Crippen molar-refractivity contribution >= 4 is 29.2 Å². The first-order valence-corrected chi connectivity index (χ1v) is 7.58. The van der Waals surface area contributed by atoms with Crippen LogP contribution in [0.1, 0.15) is 11.1 Å². The van der Waals surface area contributed by atoms with E-state index in [0.29, 0.717) is 5.02 Å². The molecule has 2 aromatic carbocycles. The summed E-state index contributed by atoms with van der Waals surface area (Å²) in [6.07, 6.45) is 2.63. The van der Waals surface area contributed by atoms with Crippen molar-refractivity contribution in [3.05, 3.63) is 58.6 Å². The summed E-state index contributed by atoms with van der Waals surface area (Å²) in [5.74, 6) is 0. The molecule has 0 N–H and O–H groups in total. The number of halogens is 1. The van der Waals surface area contributed by atoms with Gasteiger partial charge in [0.2, 0.25) is 0 Å². The van der Waals surface area contributed by atoms with E-state index in [9.17, 15) is 0 Å². The van der Waals surface area contributed by atoms with Crippen LogP contribution in [0.25, 0.3) is 0 Å². The number of nitrogens with zero attached hydrogens (tertiary/aromatic N) is 2. The van der Waals surface area contributed by atoms with E-state index in [4.69, 9.17) is 16.3 Å². The van der Waals surface area contributed by atoms with Crippen molar-refractivity contribution < 1.29 is 4.74 Å². The van der Waals surface area contributed by atoms with E-state index in [2.05, 4.69) is 34.2 Å². The number of benzene rings is 2. The molecule has 1 aliphatic rings. The smallest absolute Gasteiger partial charge is 0.134 e. The van der Waals surface area contributed by atoms with Gasteiger partial charge in [-0.3, -0.25) is 4.99 Å². The van der Waals surface area contributed by atoms with Crippen LogP contribution in [0.2, 0.25) is 5.02 Å². The van der Waals surface area contributed by atoms with Gasteiger partial charge in [0.05, 0.1) is 5.69 Å². The minimum absolute atomic E-state index is 0.514. The van der Waals surface area contributed by atoms with Crippen molar-refractivity contribution in [1.82, 2.24) is 0 Å². The first kappa shape index (κ1) is 15.1. The Morgan fingerprint density at radius 1 is 1.14 bits per heavy atom. The van der Waals surface area contributed by atoms with E-state index in [1.165, 1.54) is 11.3 Å². The van der Waals surface area contributed by atoms with Gasteiger partial charge in [-0.1, -0.05) is 29.8 Å². The van der Waals surface area contributed by atoms with Crippen LogP contribution in [0.5, 0.6) is 0 Å². The van der Waals surface area contributed by atoms with E-state index in [0.717, 1.165) is 17.7 Å². The van der Waals surface area contributed by atoms with Gasteiger partial charge in [0.25, 0.3) is 0 Å². The number of ether oxygens (including phenoxy) is 1. The summed E-state index contributed by atoms with van der Waals surface area (Å²) in [5.41, 5.74) is 3.83. The molecule has 1 heterocycles. The number of rotatable bonds is 4. The fourth-order valence-corrected chi connectivity index (χ4v) is 2.97. The zero-order chi connectivity index (χ0) is 15.7. The van der Waals surface area contributed by atoms with Gasteiger partial charge in [0.15, 0.2) is 0 Å². The molecule has 1 unspecified atom stereocenters. The van der Waals surface area contributed by atoms with Crippen molar-refractivity contribution in [2.24, 2.45) is 4.99 Å². The largest absolute Gasteiger partial charge is 0.378 e. The van der Waals surface area contributed by atoms with Crippen LogP contribution in [-0.4, -0.2) is 27.4 Å². The molecule has 1 atom stereocenters. The summed E-state index contributed by atoms with van der Waals surface area (Å²) in [4.78, 5) is 6.57. The number of hydrogen-bond acceptors (Lipinski definition) is 3. The van der Waals surface area contributed by atoms with Crippen LogP contribution in [-0.2, 0) is 16.8 Å². The van der Waals surface area contributed by atoms with Crippen LogP contribution in [0.15, 0.2) is 47.5 Å². The maximum absolute atomic E-state index is 6.05. The first-order valence-electron chi connectivity index (χ1n) is 7.21. The molecular formula is C18H19ClN2O. The number of hydrogen-bond donors (Lipinski definition) is 0. The highest BCUT2D eigenvalue weighted by molar-refractivity contribution is 6.30. The van der Waals surface area contributed by atoms with Gasteiger partial charge >= 0.3 is 0 Å². The molecule has 4 heteroatoms. The normalized spacial score (nSPS) is 19.3. The SMILES string of the molecule is COC1(Cc2ccc(N(C)C)cc2)C=Nc2cc(Cl)ccc21. The lowest BCUT2D eigenvalue weighted by molar-refractivity contribution is 0.0552. The Kier molecular flexibility index (Phi) is 3.94.